The van der Waals surface area contributed by atoms with Crippen LogP contribution in [0.15, 0.2) is 0 Å². The van der Waals surface area contributed by atoms with Crippen molar-refractivity contribution in [3.05, 3.63) is 0 Å². The summed E-state index contributed by atoms with van der Waals surface area (Å²) in [6.07, 6.45) is 7.82. The number of amides is 1. The van der Waals surface area contributed by atoms with Gasteiger partial charge in [-0.1, -0.05) is 12.8 Å². The Kier molecular flexibility index (Phi) is 2.67. The maximum Gasteiger partial charge on any atom is 0.244 e. The van der Waals surface area contributed by atoms with E-state index in [1.165, 1.54) is 19.3 Å². The minimum atomic E-state index is -0.210. The second kappa shape index (κ2) is 3.95. The molecule has 3 fully saturated rings. The van der Waals surface area contributed by atoms with Gasteiger partial charge in [-0.3, -0.25) is 10.1 Å². The quantitative estimate of drug-likeness (QED) is 0.805. The van der Waals surface area contributed by atoms with Crippen molar-refractivity contribution < 1.29 is 9.53 Å². The first-order valence-electron chi connectivity index (χ1n) is 6.79. The van der Waals surface area contributed by atoms with Crippen LogP contribution in [-0.4, -0.2) is 42.3 Å². The molecule has 4 nitrogen and oxygen atoms in total. The summed E-state index contributed by atoms with van der Waals surface area (Å²) in [7, 11) is 1.78. The Balaban J connectivity index is 1.68. The lowest BCUT2D eigenvalue weighted by Crippen LogP contribution is -2.51. The highest BCUT2D eigenvalue weighted by Gasteiger charge is 2.50. The smallest absolute Gasteiger partial charge is 0.244 e. The highest BCUT2D eigenvalue weighted by Crippen LogP contribution is 2.39. The lowest BCUT2D eigenvalue weighted by Gasteiger charge is -2.42. The fourth-order valence-corrected chi connectivity index (χ4v) is 3.54. The molecule has 3 aliphatic rings. The first-order chi connectivity index (χ1) is 8.20. The Hall–Kier alpha value is -0.610. The standard InChI is InChI=1S/C13H22N2O2/c1-17-12(5-4-6-12)9-15-10-14-13(11(15)16)7-2-3-8-13/h14H,2-10H2,1H3. The molecule has 1 aliphatic heterocycles. The van der Waals surface area contributed by atoms with E-state index < -0.39 is 0 Å². The zero-order valence-electron chi connectivity index (χ0n) is 10.6. The number of ether oxygens (including phenoxy) is 1. The van der Waals surface area contributed by atoms with Crippen molar-refractivity contribution in [2.45, 2.75) is 56.1 Å². The summed E-state index contributed by atoms with van der Waals surface area (Å²) >= 11 is 0. The number of rotatable bonds is 3. The SMILES string of the molecule is COC1(CN2CNC3(CCCC3)C2=O)CCC1. The second-order valence-corrected chi connectivity index (χ2v) is 5.87. The Morgan fingerprint density at radius 1 is 1.24 bits per heavy atom. The maximum absolute atomic E-state index is 12.5. The van der Waals surface area contributed by atoms with Crippen molar-refractivity contribution in [2.24, 2.45) is 0 Å². The van der Waals surface area contributed by atoms with Crippen LogP contribution in [0.5, 0.6) is 0 Å². The van der Waals surface area contributed by atoms with Gasteiger partial charge < -0.3 is 9.64 Å². The average Bonchev–Trinajstić information content (AvgIpc) is 2.87. The fourth-order valence-electron chi connectivity index (χ4n) is 3.54. The number of nitrogens with zero attached hydrogens (tertiary/aromatic N) is 1. The molecule has 0 radical (unpaired) electrons. The third-order valence-corrected chi connectivity index (χ3v) is 4.94. The van der Waals surface area contributed by atoms with E-state index in [1.54, 1.807) is 7.11 Å². The topological polar surface area (TPSA) is 41.6 Å². The molecule has 96 valence electrons. The van der Waals surface area contributed by atoms with Gasteiger partial charge in [0.15, 0.2) is 0 Å². The van der Waals surface area contributed by atoms with E-state index in [0.29, 0.717) is 12.6 Å². The Morgan fingerprint density at radius 2 is 1.94 bits per heavy atom. The van der Waals surface area contributed by atoms with Crippen LogP contribution in [0.3, 0.4) is 0 Å². The van der Waals surface area contributed by atoms with Crippen molar-refractivity contribution in [2.75, 3.05) is 20.3 Å². The van der Waals surface area contributed by atoms with Gasteiger partial charge in [0.1, 0.15) is 0 Å². The molecule has 0 bridgehead atoms. The third-order valence-electron chi connectivity index (χ3n) is 4.94. The summed E-state index contributed by atoms with van der Waals surface area (Å²) in [5.41, 5.74) is -0.250. The molecule has 4 heteroatoms. The van der Waals surface area contributed by atoms with Gasteiger partial charge in [-0.25, -0.2) is 0 Å². The lowest BCUT2D eigenvalue weighted by atomic mass is 9.79. The molecule has 1 heterocycles. The van der Waals surface area contributed by atoms with Crippen LogP contribution in [0.1, 0.15) is 44.9 Å². The molecule has 0 atom stereocenters. The molecule has 0 aromatic rings. The summed E-state index contributed by atoms with van der Waals surface area (Å²) in [5.74, 6) is 0.318. The molecule has 1 N–H and O–H groups in total. The zero-order chi connectivity index (χ0) is 11.9. The highest BCUT2D eigenvalue weighted by molar-refractivity contribution is 5.88. The molecule has 0 aromatic heterocycles. The summed E-state index contributed by atoms with van der Waals surface area (Å²) in [6, 6.07) is 0. The average molecular weight is 238 g/mol. The van der Waals surface area contributed by atoms with Gasteiger partial charge >= 0.3 is 0 Å². The van der Waals surface area contributed by atoms with Crippen molar-refractivity contribution in [3.63, 3.8) is 0 Å². The Bertz CT molecular complexity index is 314. The van der Waals surface area contributed by atoms with Crippen molar-refractivity contribution >= 4 is 5.91 Å². The van der Waals surface area contributed by atoms with E-state index in [-0.39, 0.29) is 11.1 Å². The maximum atomic E-state index is 12.5. The van der Waals surface area contributed by atoms with Gasteiger partial charge in [0.05, 0.1) is 24.4 Å². The van der Waals surface area contributed by atoms with Gasteiger partial charge in [0.25, 0.3) is 0 Å². The molecule has 3 rings (SSSR count). The van der Waals surface area contributed by atoms with Gasteiger partial charge in [-0.05, 0) is 32.1 Å². The molecule has 2 saturated carbocycles. The number of carbonyl (C=O) groups excluding carboxylic acids is 1. The molecular weight excluding hydrogens is 216 g/mol. The third kappa shape index (κ3) is 1.69. The molecule has 17 heavy (non-hydrogen) atoms. The van der Waals surface area contributed by atoms with E-state index in [2.05, 4.69) is 5.32 Å². The van der Waals surface area contributed by atoms with E-state index in [1.807, 2.05) is 4.90 Å². The second-order valence-electron chi connectivity index (χ2n) is 5.87. The van der Waals surface area contributed by atoms with Crippen LogP contribution in [0.25, 0.3) is 0 Å². The highest BCUT2D eigenvalue weighted by atomic mass is 16.5. The molecule has 0 aromatic carbocycles. The molecule has 2 aliphatic carbocycles. The minimum absolute atomic E-state index is 0.0402. The summed E-state index contributed by atoms with van der Waals surface area (Å²) in [6.45, 7) is 1.49. The predicted molar refractivity (Wildman–Crippen MR) is 64.5 cm³/mol. The molecule has 0 unspecified atom stereocenters. The van der Waals surface area contributed by atoms with E-state index in [0.717, 1.165) is 32.2 Å². The summed E-state index contributed by atoms with van der Waals surface area (Å²) < 4.78 is 5.61. The minimum Gasteiger partial charge on any atom is -0.376 e. The number of methoxy groups -OCH3 is 1. The van der Waals surface area contributed by atoms with Crippen LogP contribution in [0.4, 0.5) is 0 Å². The van der Waals surface area contributed by atoms with Crippen LogP contribution in [0.2, 0.25) is 0 Å². The number of hydrogen-bond donors (Lipinski definition) is 1. The number of carbonyl (C=O) groups is 1. The van der Waals surface area contributed by atoms with Crippen molar-refractivity contribution in [3.8, 4) is 0 Å². The number of hydrogen-bond acceptors (Lipinski definition) is 3. The zero-order valence-corrected chi connectivity index (χ0v) is 10.6. The Labute approximate surface area is 103 Å². The number of nitrogens with one attached hydrogen (secondary N) is 1. The lowest BCUT2D eigenvalue weighted by molar-refractivity contribution is -0.140. The first kappa shape index (κ1) is 11.5. The van der Waals surface area contributed by atoms with Crippen LogP contribution in [-0.2, 0) is 9.53 Å². The van der Waals surface area contributed by atoms with Gasteiger partial charge in [-0.15, -0.1) is 0 Å². The van der Waals surface area contributed by atoms with Crippen molar-refractivity contribution in [1.82, 2.24) is 10.2 Å². The van der Waals surface area contributed by atoms with Crippen LogP contribution in [0, 0.1) is 0 Å². The van der Waals surface area contributed by atoms with E-state index in [9.17, 15) is 4.79 Å². The molecule has 1 saturated heterocycles. The normalized spacial score (nSPS) is 29.9. The van der Waals surface area contributed by atoms with Gasteiger partial charge in [0, 0.05) is 7.11 Å². The predicted octanol–water partition coefficient (Wildman–Crippen LogP) is 1.26. The molecule has 1 spiro atoms. The first-order valence-corrected chi connectivity index (χ1v) is 6.79. The van der Waals surface area contributed by atoms with Gasteiger partial charge in [0.2, 0.25) is 5.91 Å². The van der Waals surface area contributed by atoms with Gasteiger partial charge in [-0.2, -0.15) is 0 Å². The van der Waals surface area contributed by atoms with E-state index >= 15 is 0 Å². The Morgan fingerprint density at radius 3 is 2.47 bits per heavy atom. The fraction of sp³-hybridized carbons (Fsp3) is 0.923. The van der Waals surface area contributed by atoms with Crippen molar-refractivity contribution in [1.29, 1.82) is 0 Å². The largest absolute Gasteiger partial charge is 0.376 e. The summed E-state index contributed by atoms with van der Waals surface area (Å²) in [5, 5.41) is 3.45. The van der Waals surface area contributed by atoms with E-state index in [4.69, 9.17) is 4.74 Å². The summed E-state index contributed by atoms with van der Waals surface area (Å²) in [4.78, 5) is 14.5. The van der Waals surface area contributed by atoms with Crippen LogP contribution < -0.4 is 5.32 Å². The molecule has 1 amide bonds. The molecular formula is C13H22N2O2. The van der Waals surface area contributed by atoms with Crippen LogP contribution >= 0.6 is 0 Å². The monoisotopic (exact) mass is 238 g/mol.